The average molecular weight is 247 g/mol. The summed E-state index contributed by atoms with van der Waals surface area (Å²) in [4.78, 5) is 14.4. The van der Waals surface area contributed by atoms with Gasteiger partial charge in [-0.3, -0.25) is 4.79 Å². The summed E-state index contributed by atoms with van der Waals surface area (Å²) in [6.07, 6.45) is 1.67. The van der Waals surface area contributed by atoms with Crippen LogP contribution in [0.2, 0.25) is 0 Å². The lowest BCUT2D eigenvalue weighted by atomic mass is 9.98. The van der Waals surface area contributed by atoms with E-state index in [1.807, 2.05) is 31.2 Å². The van der Waals surface area contributed by atoms with E-state index < -0.39 is 0 Å². The van der Waals surface area contributed by atoms with Gasteiger partial charge in [-0.2, -0.15) is 0 Å². The first kappa shape index (κ1) is 14.9. The number of hydrogen-bond acceptors (Lipinski definition) is 2. The summed E-state index contributed by atoms with van der Waals surface area (Å²) < 4.78 is 0. The molecule has 2 heteroatoms. The third-order valence-corrected chi connectivity index (χ3v) is 4.02. The predicted molar refractivity (Wildman–Crippen MR) is 77.1 cm³/mol. The van der Waals surface area contributed by atoms with Crippen molar-refractivity contribution in [3.05, 3.63) is 35.4 Å². The number of rotatable bonds is 6. The lowest BCUT2D eigenvalue weighted by Crippen LogP contribution is -2.41. The first-order chi connectivity index (χ1) is 8.38. The Bertz CT molecular complexity index is 409. The summed E-state index contributed by atoms with van der Waals surface area (Å²) in [6, 6.07) is 7.81. The van der Waals surface area contributed by atoms with E-state index in [4.69, 9.17) is 0 Å². The molecule has 0 N–H and O–H groups in total. The largest absolute Gasteiger partial charge is 0.301 e. The van der Waals surface area contributed by atoms with Crippen LogP contribution in [0.3, 0.4) is 0 Å². The summed E-state index contributed by atoms with van der Waals surface area (Å²) in [5, 5.41) is 0. The summed E-state index contributed by atoms with van der Waals surface area (Å²) in [6.45, 7) is 9.41. The van der Waals surface area contributed by atoms with E-state index in [1.165, 1.54) is 0 Å². The van der Waals surface area contributed by atoms with Gasteiger partial charge in [0.15, 0.2) is 5.78 Å². The Labute approximate surface area is 111 Å². The SMILES string of the molecule is CCC(C)(C)N(C)CCC(=O)c1ccccc1C. The van der Waals surface area contributed by atoms with Crippen LogP contribution in [0.25, 0.3) is 0 Å². The standard InChI is InChI=1S/C16H25NO/c1-6-16(3,4)17(5)12-11-15(18)14-10-8-7-9-13(14)2/h7-10H,6,11-12H2,1-5H3. The van der Waals surface area contributed by atoms with Crippen molar-refractivity contribution < 1.29 is 4.79 Å². The summed E-state index contributed by atoms with van der Waals surface area (Å²) in [5.41, 5.74) is 2.09. The quantitative estimate of drug-likeness (QED) is 0.715. The molecule has 1 aromatic rings. The monoisotopic (exact) mass is 247 g/mol. The Balaban J connectivity index is 2.60. The van der Waals surface area contributed by atoms with Gasteiger partial charge < -0.3 is 4.90 Å². The van der Waals surface area contributed by atoms with Crippen LogP contribution >= 0.6 is 0 Å². The summed E-state index contributed by atoms with van der Waals surface area (Å²) in [5.74, 6) is 0.242. The third-order valence-electron chi connectivity index (χ3n) is 4.02. The Morgan fingerprint density at radius 2 is 1.89 bits per heavy atom. The molecule has 0 bridgehead atoms. The minimum Gasteiger partial charge on any atom is -0.301 e. The zero-order valence-electron chi connectivity index (χ0n) is 12.3. The molecule has 100 valence electrons. The van der Waals surface area contributed by atoms with Gasteiger partial charge in [0.1, 0.15) is 0 Å². The fraction of sp³-hybridized carbons (Fsp3) is 0.562. The molecule has 18 heavy (non-hydrogen) atoms. The van der Waals surface area contributed by atoms with Crippen LogP contribution in [-0.2, 0) is 0 Å². The highest BCUT2D eigenvalue weighted by Crippen LogP contribution is 2.17. The van der Waals surface area contributed by atoms with Crippen LogP contribution in [0.4, 0.5) is 0 Å². The molecule has 0 atom stereocenters. The molecule has 0 radical (unpaired) electrons. The Morgan fingerprint density at radius 1 is 1.28 bits per heavy atom. The molecule has 0 heterocycles. The van der Waals surface area contributed by atoms with Crippen LogP contribution in [-0.4, -0.2) is 29.8 Å². The van der Waals surface area contributed by atoms with Gasteiger partial charge in [0.05, 0.1) is 0 Å². The van der Waals surface area contributed by atoms with Gasteiger partial charge in [-0.25, -0.2) is 0 Å². The Morgan fingerprint density at radius 3 is 2.44 bits per heavy atom. The minimum atomic E-state index is 0.159. The highest BCUT2D eigenvalue weighted by Gasteiger charge is 2.21. The van der Waals surface area contributed by atoms with Gasteiger partial charge in [-0.05, 0) is 39.8 Å². The molecule has 0 aliphatic heterocycles. The number of hydrogen-bond donors (Lipinski definition) is 0. The van der Waals surface area contributed by atoms with E-state index in [-0.39, 0.29) is 11.3 Å². The number of nitrogens with zero attached hydrogens (tertiary/aromatic N) is 1. The Hall–Kier alpha value is -1.15. The van der Waals surface area contributed by atoms with Gasteiger partial charge in [-0.15, -0.1) is 0 Å². The molecule has 1 rings (SSSR count). The van der Waals surface area contributed by atoms with Gasteiger partial charge in [0.25, 0.3) is 0 Å². The smallest absolute Gasteiger partial charge is 0.164 e. The molecule has 0 saturated heterocycles. The van der Waals surface area contributed by atoms with Crippen LogP contribution in [0.1, 0.15) is 49.5 Å². The molecule has 0 spiro atoms. The number of carbonyl (C=O) groups is 1. The molecule has 0 aliphatic rings. The fourth-order valence-corrected chi connectivity index (χ4v) is 1.86. The molecular formula is C16H25NO. The average Bonchev–Trinajstić information content (AvgIpc) is 2.36. The Kier molecular flexibility index (Phi) is 5.09. The number of aryl methyl sites for hydroxylation is 1. The maximum absolute atomic E-state index is 12.2. The molecular weight excluding hydrogens is 222 g/mol. The van der Waals surface area contributed by atoms with Crippen molar-refractivity contribution in [2.24, 2.45) is 0 Å². The van der Waals surface area contributed by atoms with E-state index >= 15 is 0 Å². The van der Waals surface area contributed by atoms with Crippen LogP contribution in [0.15, 0.2) is 24.3 Å². The summed E-state index contributed by atoms with van der Waals surface area (Å²) in [7, 11) is 2.09. The molecule has 0 aliphatic carbocycles. The first-order valence-corrected chi connectivity index (χ1v) is 6.68. The molecule has 0 saturated carbocycles. The molecule has 0 fully saturated rings. The number of Topliss-reactive ketones (excluding diaryl/α,β-unsaturated/α-hetero) is 1. The first-order valence-electron chi connectivity index (χ1n) is 6.68. The van der Waals surface area contributed by atoms with E-state index in [1.54, 1.807) is 0 Å². The fourth-order valence-electron chi connectivity index (χ4n) is 1.86. The van der Waals surface area contributed by atoms with Crippen molar-refractivity contribution >= 4 is 5.78 Å². The third kappa shape index (κ3) is 3.67. The van der Waals surface area contributed by atoms with E-state index in [0.717, 1.165) is 24.1 Å². The second-order valence-electron chi connectivity index (χ2n) is 5.58. The lowest BCUT2D eigenvalue weighted by molar-refractivity contribution is 0.0929. The van der Waals surface area contributed by atoms with E-state index in [2.05, 4.69) is 32.7 Å². The number of ketones is 1. The van der Waals surface area contributed by atoms with Crippen molar-refractivity contribution in [1.29, 1.82) is 0 Å². The highest BCUT2D eigenvalue weighted by molar-refractivity contribution is 5.97. The predicted octanol–water partition coefficient (Wildman–Crippen LogP) is 3.69. The maximum Gasteiger partial charge on any atom is 0.164 e. The van der Waals surface area contributed by atoms with Crippen molar-refractivity contribution in [1.82, 2.24) is 4.90 Å². The summed E-state index contributed by atoms with van der Waals surface area (Å²) >= 11 is 0. The van der Waals surface area contributed by atoms with Crippen LogP contribution in [0.5, 0.6) is 0 Å². The maximum atomic E-state index is 12.2. The van der Waals surface area contributed by atoms with Crippen molar-refractivity contribution in [2.75, 3.05) is 13.6 Å². The number of benzene rings is 1. The second-order valence-corrected chi connectivity index (χ2v) is 5.58. The molecule has 1 aromatic carbocycles. The van der Waals surface area contributed by atoms with Crippen LogP contribution < -0.4 is 0 Å². The van der Waals surface area contributed by atoms with Gasteiger partial charge in [0.2, 0.25) is 0 Å². The van der Waals surface area contributed by atoms with E-state index in [0.29, 0.717) is 6.42 Å². The second kappa shape index (κ2) is 6.14. The van der Waals surface area contributed by atoms with Crippen LogP contribution in [0, 0.1) is 6.92 Å². The topological polar surface area (TPSA) is 20.3 Å². The zero-order chi connectivity index (χ0) is 13.8. The zero-order valence-corrected chi connectivity index (χ0v) is 12.3. The molecule has 0 unspecified atom stereocenters. The minimum absolute atomic E-state index is 0.159. The van der Waals surface area contributed by atoms with Gasteiger partial charge >= 0.3 is 0 Å². The van der Waals surface area contributed by atoms with E-state index in [9.17, 15) is 4.79 Å². The van der Waals surface area contributed by atoms with Crippen molar-refractivity contribution in [3.8, 4) is 0 Å². The number of carbonyl (C=O) groups excluding carboxylic acids is 1. The lowest BCUT2D eigenvalue weighted by Gasteiger charge is -2.34. The van der Waals surface area contributed by atoms with Gasteiger partial charge in [0, 0.05) is 24.1 Å². The van der Waals surface area contributed by atoms with Crippen molar-refractivity contribution in [3.63, 3.8) is 0 Å². The van der Waals surface area contributed by atoms with Crippen molar-refractivity contribution in [2.45, 2.75) is 46.1 Å². The normalized spacial score (nSPS) is 11.9. The molecule has 0 amide bonds. The highest BCUT2D eigenvalue weighted by atomic mass is 16.1. The van der Waals surface area contributed by atoms with Gasteiger partial charge in [-0.1, -0.05) is 31.2 Å². The molecule has 0 aromatic heterocycles. The molecule has 2 nitrogen and oxygen atoms in total.